The number of nitrogens with zero attached hydrogens (tertiary/aromatic N) is 3. The highest BCUT2D eigenvalue weighted by atomic mass is 32.2. The molecule has 4 rings (SSSR count). The Hall–Kier alpha value is -2.75. The number of Topliss-reactive ketones (excluding diaryl/α,β-unsaturated/α-hetero) is 1. The zero-order chi connectivity index (χ0) is 22.7. The van der Waals surface area contributed by atoms with Gasteiger partial charge in [-0.1, -0.05) is 6.92 Å². The molecule has 0 bridgehead atoms. The van der Waals surface area contributed by atoms with Crippen molar-refractivity contribution in [3.05, 3.63) is 53.9 Å². The molecule has 0 aliphatic carbocycles. The van der Waals surface area contributed by atoms with E-state index in [1.165, 1.54) is 11.2 Å². The first-order valence-corrected chi connectivity index (χ1v) is 12.1. The highest BCUT2D eigenvalue weighted by Crippen LogP contribution is 2.25. The number of hydrogen-bond acceptors (Lipinski definition) is 6. The second-order valence-electron chi connectivity index (χ2n) is 7.72. The molecule has 0 unspecified atom stereocenters. The van der Waals surface area contributed by atoms with Gasteiger partial charge in [-0.25, -0.2) is 13.4 Å². The second kappa shape index (κ2) is 9.40. The maximum absolute atomic E-state index is 13.0. The number of ketones is 1. The fourth-order valence-electron chi connectivity index (χ4n) is 3.77. The van der Waals surface area contributed by atoms with Crippen molar-refractivity contribution in [1.29, 1.82) is 0 Å². The molecule has 32 heavy (non-hydrogen) atoms. The summed E-state index contributed by atoms with van der Waals surface area (Å²) < 4.78 is 40.7. The minimum absolute atomic E-state index is 0.00382. The lowest BCUT2D eigenvalue weighted by Gasteiger charge is -2.26. The van der Waals surface area contributed by atoms with Gasteiger partial charge in [0, 0.05) is 25.2 Å². The Labute approximate surface area is 187 Å². The standard InChI is InChI=1S/C23H27N3O5S/c1-3-10-26-22-9-8-20(32(28,29)25-11-13-30-14-12-25)15-21(22)24-23(26)16-31-19-6-4-18(5-7-19)17(2)27/h4-9,15H,3,10-14,16H2,1-2H3. The van der Waals surface area contributed by atoms with Crippen LogP contribution in [0.25, 0.3) is 11.0 Å². The number of fused-ring (bicyclic) bond motifs is 1. The molecule has 0 radical (unpaired) electrons. The van der Waals surface area contributed by atoms with Gasteiger partial charge >= 0.3 is 0 Å². The molecule has 170 valence electrons. The molecule has 0 saturated carbocycles. The maximum Gasteiger partial charge on any atom is 0.243 e. The zero-order valence-electron chi connectivity index (χ0n) is 18.3. The van der Waals surface area contributed by atoms with Crippen LogP contribution in [0.3, 0.4) is 0 Å². The maximum atomic E-state index is 13.0. The molecule has 0 N–H and O–H groups in total. The van der Waals surface area contributed by atoms with Gasteiger partial charge in [-0.3, -0.25) is 4.79 Å². The van der Waals surface area contributed by atoms with Crippen molar-refractivity contribution in [2.24, 2.45) is 0 Å². The summed E-state index contributed by atoms with van der Waals surface area (Å²) in [4.78, 5) is 16.4. The van der Waals surface area contributed by atoms with Crippen LogP contribution in [-0.2, 0) is 27.9 Å². The smallest absolute Gasteiger partial charge is 0.243 e. The lowest BCUT2D eigenvalue weighted by Crippen LogP contribution is -2.40. The second-order valence-corrected chi connectivity index (χ2v) is 9.65. The van der Waals surface area contributed by atoms with E-state index < -0.39 is 10.0 Å². The number of benzene rings is 2. The lowest BCUT2D eigenvalue weighted by atomic mass is 10.1. The number of morpholine rings is 1. The third kappa shape index (κ3) is 4.55. The summed E-state index contributed by atoms with van der Waals surface area (Å²) in [5.41, 5.74) is 2.13. The normalized spacial score (nSPS) is 15.2. The minimum Gasteiger partial charge on any atom is -0.486 e. The molecular formula is C23H27N3O5S. The van der Waals surface area contributed by atoms with Gasteiger partial charge < -0.3 is 14.0 Å². The first-order chi connectivity index (χ1) is 15.4. The van der Waals surface area contributed by atoms with Gasteiger partial charge in [-0.2, -0.15) is 4.31 Å². The fraction of sp³-hybridized carbons (Fsp3) is 0.391. The van der Waals surface area contributed by atoms with Crippen LogP contribution in [-0.4, -0.2) is 54.4 Å². The highest BCUT2D eigenvalue weighted by molar-refractivity contribution is 7.89. The van der Waals surface area contributed by atoms with Crippen LogP contribution in [0.5, 0.6) is 5.75 Å². The number of sulfonamides is 1. The van der Waals surface area contributed by atoms with Crippen molar-refractivity contribution in [2.45, 2.75) is 38.3 Å². The molecule has 1 aromatic heterocycles. The number of carbonyl (C=O) groups is 1. The molecule has 3 aromatic rings. The number of hydrogen-bond donors (Lipinski definition) is 0. The van der Waals surface area contributed by atoms with Gasteiger partial charge in [0.25, 0.3) is 0 Å². The van der Waals surface area contributed by atoms with Crippen molar-refractivity contribution in [2.75, 3.05) is 26.3 Å². The molecule has 2 heterocycles. The Kier molecular flexibility index (Phi) is 6.59. The summed E-state index contributed by atoms with van der Waals surface area (Å²) in [5, 5.41) is 0. The first kappa shape index (κ1) is 22.4. The Morgan fingerprint density at radius 2 is 1.84 bits per heavy atom. The molecule has 1 fully saturated rings. The number of imidazole rings is 1. The van der Waals surface area contributed by atoms with Gasteiger partial charge in [-0.15, -0.1) is 0 Å². The lowest BCUT2D eigenvalue weighted by molar-refractivity contribution is 0.0730. The van der Waals surface area contributed by atoms with Crippen molar-refractivity contribution in [3.63, 3.8) is 0 Å². The number of carbonyl (C=O) groups excluding carboxylic acids is 1. The van der Waals surface area contributed by atoms with Crippen LogP contribution in [0.1, 0.15) is 36.5 Å². The van der Waals surface area contributed by atoms with Crippen molar-refractivity contribution in [1.82, 2.24) is 13.9 Å². The summed E-state index contributed by atoms with van der Waals surface area (Å²) in [6, 6.07) is 12.1. The Bertz CT molecular complexity index is 1210. The molecule has 0 amide bonds. The van der Waals surface area contributed by atoms with E-state index in [1.54, 1.807) is 36.4 Å². The largest absolute Gasteiger partial charge is 0.486 e. The molecule has 1 saturated heterocycles. The van der Waals surface area contributed by atoms with E-state index in [-0.39, 0.29) is 17.3 Å². The summed E-state index contributed by atoms with van der Waals surface area (Å²) in [6.45, 7) is 6.10. The summed E-state index contributed by atoms with van der Waals surface area (Å²) in [7, 11) is -3.59. The Balaban J connectivity index is 1.61. The Morgan fingerprint density at radius 1 is 1.12 bits per heavy atom. The van der Waals surface area contributed by atoms with E-state index in [0.29, 0.717) is 43.1 Å². The summed E-state index contributed by atoms with van der Waals surface area (Å²) in [6.07, 6.45) is 0.902. The first-order valence-electron chi connectivity index (χ1n) is 10.7. The van der Waals surface area contributed by atoms with Gasteiger partial charge in [0.2, 0.25) is 10.0 Å². The van der Waals surface area contributed by atoms with Crippen molar-refractivity contribution >= 4 is 26.8 Å². The van der Waals surface area contributed by atoms with E-state index in [2.05, 4.69) is 16.5 Å². The SMILES string of the molecule is CCCn1c(COc2ccc(C(C)=O)cc2)nc2cc(S(=O)(=O)N3CCOCC3)ccc21. The number of ether oxygens (including phenoxy) is 2. The monoisotopic (exact) mass is 457 g/mol. The fourth-order valence-corrected chi connectivity index (χ4v) is 5.20. The van der Waals surface area contributed by atoms with Crippen LogP contribution in [0.2, 0.25) is 0 Å². The van der Waals surface area contributed by atoms with Crippen LogP contribution in [0.15, 0.2) is 47.4 Å². The predicted octanol–water partition coefficient (Wildman–Crippen LogP) is 3.25. The topological polar surface area (TPSA) is 90.7 Å². The van der Waals surface area contributed by atoms with Crippen molar-refractivity contribution in [3.8, 4) is 5.75 Å². The van der Waals surface area contributed by atoms with E-state index in [1.807, 2.05) is 6.07 Å². The van der Waals surface area contributed by atoms with Crippen molar-refractivity contribution < 1.29 is 22.7 Å². The minimum atomic E-state index is -3.59. The van der Waals surface area contributed by atoms with E-state index in [4.69, 9.17) is 9.47 Å². The van der Waals surface area contributed by atoms with Gasteiger partial charge in [0.05, 0.1) is 29.1 Å². The summed E-state index contributed by atoms with van der Waals surface area (Å²) >= 11 is 0. The van der Waals surface area contributed by atoms with Crippen LogP contribution in [0.4, 0.5) is 0 Å². The average Bonchev–Trinajstić information content (AvgIpc) is 3.15. The Morgan fingerprint density at radius 3 is 2.50 bits per heavy atom. The molecule has 1 aliphatic rings. The number of aryl methyl sites for hydroxylation is 1. The third-order valence-electron chi connectivity index (χ3n) is 5.48. The predicted molar refractivity (Wildman–Crippen MR) is 120 cm³/mol. The van der Waals surface area contributed by atoms with E-state index >= 15 is 0 Å². The summed E-state index contributed by atoms with van der Waals surface area (Å²) in [5.74, 6) is 1.36. The number of rotatable bonds is 8. The zero-order valence-corrected chi connectivity index (χ0v) is 19.1. The molecule has 0 spiro atoms. The molecule has 0 atom stereocenters. The molecule has 9 heteroatoms. The van der Waals surface area contributed by atoms with E-state index in [9.17, 15) is 13.2 Å². The van der Waals surface area contributed by atoms with Crippen LogP contribution in [0, 0.1) is 0 Å². The van der Waals surface area contributed by atoms with Gasteiger partial charge in [0.1, 0.15) is 18.2 Å². The third-order valence-corrected chi connectivity index (χ3v) is 7.38. The molecule has 1 aliphatic heterocycles. The quantitative estimate of drug-likeness (QED) is 0.482. The van der Waals surface area contributed by atoms with Crippen LogP contribution >= 0.6 is 0 Å². The number of aromatic nitrogens is 2. The molecule has 2 aromatic carbocycles. The average molecular weight is 458 g/mol. The highest BCUT2D eigenvalue weighted by Gasteiger charge is 2.27. The molecular weight excluding hydrogens is 430 g/mol. The van der Waals surface area contributed by atoms with Gasteiger partial charge in [0.15, 0.2) is 5.78 Å². The van der Waals surface area contributed by atoms with Gasteiger partial charge in [-0.05, 0) is 55.8 Å². The molecule has 8 nitrogen and oxygen atoms in total. The van der Waals surface area contributed by atoms with E-state index in [0.717, 1.165) is 24.3 Å². The van der Waals surface area contributed by atoms with Crippen LogP contribution < -0.4 is 4.74 Å².